The average Bonchev–Trinajstić information content (AvgIpc) is 2.27. The van der Waals surface area contributed by atoms with Crippen molar-refractivity contribution in [2.75, 3.05) is 39.3 Å². The predicted molar refractivity (Wildman–Crippen MR) is 57.3 cm³/mol. The van der Waals surface area contributed by atoms with Crippen molar-refractivity contribution in [2.24, 2.45) is 0 Å². The Hall–Kier alpha value is -1.28. The van der Waals surface area contributed by atoms with Gasteiger partial charge >= 0.3 is 6.03 Å². The van der Waals surface area contributed by atoms with Crippen molar-refractivity contribution in [1.29, 1.82) is 5.26 Å². The number of carbonyl (C=O) groups excluding carboxylic acids is 1. The van der Waals surface area contributed by atoms with Gasteiger partial charge in [-0.15, -0.1) is 0 Å². The van der Waals surface area contributed by atoms with Gasteiger partial charge in [-0.3, -0.25) is 4.90 Å². The quantitative estimate of drug-likeness (QED) is 0.679. The highest BCUT2D eigenvalue weighted by Crippen LogP contribution is 2.00. The molecule has 5 heteroatoms. The smallest absolute Gasteiger partial charge is 0.317 e. The molecule has 84 valence electrons. The minimum absolute atomic E-state index is 0.0217. The molecule has 0 bridgehead atoms. The zero-order valence-electron chi connectivity index (χ0n) is 9.20. The SMILES string of the molecule is CCCNC(=O)N1CCN(CC#N)CC1. The van der Waals surface area contributed by atoms with Crippen LogP contribution in [0.3, 0.4) is 0 Å². The molecule has 1 saturated heterocycles. The molecule has 0 aromatic rings. The molecule has 0 spiro atoms. The molecule has 1 rings (SSSR count). The summed E-state index contributed by atoms with van der Waals surface area (Å²) < 4.78 is 0. The predicted octanol–water partition coefficient (Wildman–Crippen LogP) is 0.247. The number of piperazine rings is 1. The van der Waals surface area contributed by atoms with Crippen molar-refractivity contribution in [3.63, 3.8) is 0 Å². The van der Waals surface area contributed by atoms with Gasteiger partial charge in [-0.05, 0) is 6.42 Å². The lowest BCUT2D eigenvalue weighted by molar-refractivity contribution is 0.147. The van der Waals surface area contributed by atoms with E-state index in [1.807, 2.05) is 11.8 Å². The first-order chi connectivity index (χ1) is 7.27. The number of hydrogen-bond donors (Lipinski definition) is 1. The van der Waals surface area contributed by atoms with Gasteiger partial charge in [-0.2, -0.15) is 5.26 Å². The summed E-state index contributed by atoms with van der Waals surface area (Å²) in [5, 5.41) is 11.4. The van der Waals surface area contributed by atoms with Crippen molar-refractivity contribution in [3.8, 4) is 6.07 Å². The van der Waals surface area contributed by atoms with Gasteiger partial charge in [0, 0.05) is 32.7 Å². The fourth-order valence-electron chi connectivity index (χ4n) is 1.55. The normalized spacial score (nSPS) is 17.2. The zero-order valence-corrected chi connectivity index (χ0v) is 9.20. The molecule has 1 heterocycles. The number of rotatable bonds is 3. The van der Waals surface area contributed by atoms with Crippen LogP contribution >= 0.6 is 0 Å². The van der Waals surface area contributed by atoms with E-state index in [1.165, 1.54) is 0 Å². The lowest BCUT2D eigenvalue weighted by Crippen LogP contribution is -2.51. The van der Waals surface area contributed by atoms with Crippen LogP contribution in [-0.2, 0) is 0 Å². The van der Waals surface area contributed by atoms with E-state index in [1.54, 1.807) is 0 Å². The molecular formula is C10H18N4O. The number of carbonyl (C=O) groups is 1. The van der Waals surface area contributed by atoms with Crippen molar-refractivity contribution < 1.29 is 4.79 Å². The number of nitriles is 1. The Labute approximate surface area is 90.6 Å². The molecule has 0 aliphatic carbocycles. The molecule has 0 radical (unpaired) electrons. The summed E-state index contributed by atoms with van der Waals surface area (Å²) in [5.41, 5.74) is 0. The summed E-state index contributed by atoms with van der Waals surface area (Å²) in [7, 11) is 0. The molecule has 2 amide bonds. The third-order valence-corrected chi connectivity index (χ3v) is 2.48. The van der Waals surface area contributed by atoms with Crippen LogP contribution in [0.15, 0.2) is 0 Å². The Balaban J connectivity index is 2.25. The van der Waals surface area contributed by atoms with E-state index >= 15 is 0 Å². The lowest BCUT2D eigenvalue weighted by atomic mass is 10.3. The van der Waals surface area contributed by atoms with Crippen molar-refractivity contribution in [2.45, 2.75) is 13.3 Å². The van der Waals surface area contributed by atoms with E-state index in [2.05, 4.69) is 16.3 Å². The maximum Gasteiger partial charge on any atom is 0.317 e. The molecular weight excluding hydrogens is 192 g/mol. The van der Waals surface area contributed by atoms with Crippen molar-refractivity contribution >= 4 is 6.03 Å². The standard InChI is InChI=1S/C10H18N4O/c1-2-4-12-10(15)14-8-6-13(5-3-11)7-9-14/h2,4-9H2,1H3,(H,12,15). The summed E-state index contributed by atoms with van der Waals surface area (Å²) in [4.78, 5) is 15.4. The van der Waals surface area contributed by atoms with Crippen LogP contribution in [0.5, 0.6) is 0 Å². The zero-order chi connectivity index (χ0) is 11.1. The van der Waals surface area contributed by atoms with Crippen molar-refractivity contribution in [3.05, 3.63) is 0 Å². The van der Waals surface area contributed by atoms with Crippen LogP contribution in [0, 0.1) is 11.3 Å². The number of hydrogen-bond acceptors (Lipinski definition) is 3. The van der Waals surface area contributed by atoms with Crippen LogP contribution in [0.4, 0.5) is 4.79 Å². The van der Waals surface area contributed by atoms with Gasteiger partial charge in [0.2, 0.25) is 0 Å². The molecule has 1 aliphatic rings. The van der Waals surface area contributed by atoms with Crippen LogP contribution in [0.2, 0.25) is 0 Å². The van der Waals surface area contributed by atoms with Crippen LogP contribution in [0.1, 0.15) is 13.3 Å². The average molecular weight is 210 g/mol. The van der Waals surface area contributed by atoms with E-state index in [9.17, 15) is 4.79 Å². The summed E-state index contributed by atoms with van der Waals surface area (Å²) in [5.74, 6) is 0. The minimum atomic E-state index is 0.0217. The fraction of sp³-hybridized carbons (Fsp3) is 0.800. The summed E-state index contributed by atoms with van der Waals surface area (Å²) >= 11 is 0. The first-order valence-corrected chi connectivity index (χ1v) is 5.40. The fourth-order valence-corrected chi connectivity index (χ4v) is 1.55. The molecule has 5 nitrogen and oxygen atoms in total. The van der Waals surface area contributed by atoms with Gasteiger partial charge in [0.15, 0.2) is 0 Å². The minimum Gasteiger partial charge on any atom is -0.338 e. The maximum absolute atomic E-state index is 11.6. The van der Waals surface area contributed by atoms with Gasteiger partial charge in [-0.1, -0.05) is 6.92 Å². The molecule has 0 saturated carbocycles. The molecule has 0 atom stereocenters. The third-order valence-electron chi connectivity index (χ3n) is 2.48. The van der Waals surface area contributed by atoms with Crippen LogP contribution in [0.25, 0.3) is 0 Å². The van der Waals surface area contributed by atoms with Gasteiger partial charge in [0.05, 0.1) is 12.6 Å². The summed E-state index contributed by atoms with van der Waals surface area (Å²) in [6, 6.07) is 2.14. The highest BCUT2D eigenvalue weighted by Gasteiger charge is 2.19. The second-order valence-corrected chi connectivity index (χ2v) is 3.65. The molecule has 0 aromatic heterocycles. The van der Waals surface area contributed by atoms with Gasteiger partial charge in [-0.25, -0.2) is 4.79 Å². The number of nitrogens with one attached hydrogen (secondary N) is 1. The molecule has 1 N–H and O–H groups in total. The molecule has 0 aromatic carbocycles. The van der Waals surface area contributed by atoms with E-state index in [0.717, 1.165) is 39.1 Å². The number of urea groups is 1. The Morgan fingerprint density at radius 1 is 1.40 bits per heavy atom. The Morgan fingerprint density at radius 2 is 2.07 bits per heavy atom. The second-order valence-electron chi connectivity index (χ2n) is 3.65. The van der Waals surface area contributed by atoms with E-state index in [-0.39, 0.29) is 6.03 Å². The Morgan fingerprint density at radius 3 is 2.60 bits per heavy atom. The van der Waals surface area contributed by atoms with Crippen LogP contribution < -0.4 is 5.32 Å². The molecule has 1 fully saturated rings. The molecule has 0 unspecified atom stereocenters. The monoisotopic (exact) mass is 210 g/mol. The number of nitrogens with zero attached hydrogens (tertiary/aromatic N) is 3. The summed E-state index contributed by atoms with van der Waals surface area (Å²) in [6.45, 7) is 6.27. The summed E-state index contributed by atoms with van der Waals surface area (Å²) in [6.07, 6.45) is 0.958. The highest BCUT2D eigenvalue weighted by atomic mass is 16.2. The molecule has 15 heavy (non-hydrogen) atoms. The van der Waals surface area contributed by atoms with E-state index in [4.69, 9.17) is 5.26 Å². The Kier molecular flexibility index (Phi) is 4.91. The topological polar surface area (TPSA) is 59.4 Å². The van der Waals surface area contributed by atoms with Crippen molar-refractivity contribution in [1.82, 2.24) is 15.1 Å². The highest BCUT2D eigenvalue weighted by molar-refractivity contribution is 5.74. The van der Waals surface area contributed by atoms with Gasteiger partial charge in [0.25, 0.3) is 0 Å². The Bertz CT molecular complexity index is 240. The second kappa shape index (κ2) is 6.25. The van der Waals surface area contributed by atoms with Crippen LogP contribution in [-0.4, -0.2) is 55.1 Å². The first kappa shape index (κ1) is 11.8. The molecule has 1 aliphatic heterocycles. The number of amides is 2. The first-order valence-electron chi connectivity index (χ1n) is 5.40. The third kappa shape index (κ3) is 3.76. The maximum atomic E-state index is 11.6. The van der Waals surface area contributed by atoms with E-state index in [0.29, 0.717) is 6.54 Å². The lowest BCUT2D eigenvalue weighted by Gasteiger charge is -2.33. The van der Waals surface area contributed by atoms with Gasteiger partial charge < -0.3 is 10.2 Å². The van der Waals surface area contributed by atoms with E-state index < -0.39 is 0 Å². The largest absolute Gasteiger partial charge is 0.338 e. The van der Waals surface area contributed by atoms with Gasteiger partial charge in [0.1, 0.15) is 0 Å².